The number of hydrogen-bond acceptors (Lipinski definition) is 2. The van der Waals surface area contributed by atoms with Crippen LogP contribution in [-0.2, 0) is 6.54 Å². The summed E-state index contributed by atoms with van der Waals surface area (Å²) in [6.45, 7) is 6.43. The molecule has 1 aliphatic rings. The van der Waals surface area contributed by atoms with Gasteiger partial charge in [0.25, 0.3) is 0 Å². The Balaban J connectivity index is 1.91. The molecule has 0 aromatic heterocycles. The summed E-state index contributed by atoms with van der Waals surface area (Å²) in [5.41, 5.74) is 1.31. The Labute approximate surface area is 97.2 Å². The maximum Gasteiger partial charge on any atom is 0.0710 e. The van der Waals surface area contributed by atoms with Crippen molar-refractivity contribution in [3.05, 3.63) is 48.6 Å². The number of likely N-dealkylation sites (tertiary alicyclic amines) is 1. The second-order valence-corrected chi connectivity index (χ2v) is 4.53. The molecule has 0 unspecified atom stereocenters. The number of rotatable bonds is 4. The Morgan fingerprint density at radius 2 is 2.06 bits per heavy atom. The molecule has 0 spiro atoms. The Morgan fingerprint density at radius 3 is 2.75 bits per heavy atom. The van der Waals surface area contributed by atoms with E-state index in [9.17, 15) is 5.11 Å². The van der Waals surface area contributed by atoms with E-state index in [2.05, 4.69) is 35.7 Å². The van der Waals surface area contributed by atoms with Gasteiger partial charge in [0.1, 0.15) is 0 Å². The molecule has 1 fully saturated rings. The SMILES string of the molecule is C=CC[C@H]1CN(Cc2ccccc2)C[C@@H]1O. The highest BCUT2D eigenvalue weighted by molar-refractivity contribution is 5.14. The maximum absolute atomic E-state index is 9.88. The molecule has 2 atom stereocenters. The fourth-order valence-corrected chi connectivity index (χ4v) is 2.36. The molecule has 0 amide bonds. The van der Waals surface area contributed by atoms with Gasteiger partial charge in [0.15, 0.2) is 0 Å². The van der Waals surface area contributed by atoms with Gasteiger partial charge in [-0.15, -0.1) is 6.58 Å². The van der Waals surface area contributed by atoms with Crippen LogP contribution in [0.4, 0.5) is 0 Å². The Morgan fingerprint density at radius 1 is 1.31 bits per heavy atom. The highest BCUT2D eigenvalue weighted by Crippen LogP contribution is 2.22. The molecule has 2 nitrogen and oxygen atoms in total. The van der Waals surface area contributed by atoms with Gasteiger partial charge in [-0.2, -0.15) is 0 Å². The van der Waals surface area contributed by atoms with E-state index in [1.807, 2.05) is 12.1 Å². The second-order valence-electron chi connectivity index (χ2n) is 4.53. The molecule has 16 heavy (non-hydrogen) atoms. The molecule has 2 rings (SSSR count). The lowest BCUT2D eigenvalue weighted by Crippen LogP contribution is -2.21. The minimum Gasteiger partial charge on any atom is -0.391 e. The van der Waals surface area contributed by atoms with Crippen LogP contribution in [0, 0.1) is 5.92 Å². The van der Waals surface area contributed by atoms with Crippen molar-refractivity contribution in [2.75, 3.05) is 13.1 Å². The molecule has 0 aliphatic carbocycles. The first-order valence-corrected chi connectivity index (χ1v) is 5.85. The van der Waals surface area contributed by atoms with Crippen LogP contribution in [0.5, 0.6) is 0 Å². The summed E-state index contributed by atoms with van der Waals surface area (Å²) in [5, 5.41) is 9.88. The maximum atomic E-state index is 9.88. The quantitative estimate of drug-likeness (QED) is 0.780. The molecule has 1 aromatic carbocycles. The Kier molecular flexibility index (Phi) is 3.75. The molecule has 1 aliphatic heterocycles. The van der Waals surface area contributed by atoms with Gasteiger partial charge in [0, 0.05) is 25.6 Å². The lowest BCUT2D eigenvalue weighted by Gasteiger charge is -2.15. The standard InChI is InChI=1S/C14H19NO/c1-2-6-13-10-15(11-14(13)16)9-12-7-4-3-5-8-12/h2-5,7-8,13-14,16H,1,6,9-11H2/t13-,14-/m0/s1. The molecule has 1 aromatic rings. The number of allylic oxidation sites excluding steroid dienone is 1. The predicted octanol–water partition coefficient (Wildman–Crippen LogP) is 2.06. The molecule has 0 saturated carbocycles. The lowest BCUT2D eigenvalue weighted by molar-refractivity contribution is 0.142. The van der Waals surface area contributed by atoms with Gasteiger partial charge in [-0.1, -0.05) is 36.4 Å². The zero-order valence-corrected chi connectivity index (χ0v) is 9.55. The van der Waals surface area contributed by atoms with Crippen molar-refractivity contribution in [2.45, 2.75) is 19.1 Å². The van der Waals surface area contributed by atoms with Crippen LogP contribution >= 0.6 is 0 Å². The van der Waals surface area contributed by atoms with E-state index in [1.165, 1.54) is 5.56 Å². The zero-order valence-electron chi connectivity index (χ0n) is 9.55. The van der Waals surface area contributed by atoms with Crippen molar-refractivity contribution in [3.8, 4) is 0 Å². The highest BCUT2D eigenvalue weighted by atomic mass is 16.3. The van der Waals surface area contributed by atoms with E-state index in [0.29, 0.717) is 5.92 Å². The van der Waals surface area contributed by atoms with Crippen LogP contribution in [0.2, 0.25) is 0 Å². The molecule has 0 radical (unpaired) electrons. The summed E-state index contributed by atoms with van der Waals surface area (Å²) in [5.74, 6) is 0.362. The van der Waals surface area contributed by atoms with Crippen LogP contribution in [0.3, 0.4) is 0 Å². The van der Waals surface area contributed by atoms with Crippen LogP contribution in [0.1, 0.15) is 12.0 Å². The molecule has 1 saturated heterocycles. The van der Waals surface area contributed by atoms with Crippen molar-refractivity contribution in [3.63, 3.8) is 0 Å². The fourth-order valence-electron chi connectivity index (χ4n) is 2.36. The summed E-state index contributed by atoms with van der Waals surface area (Å²) in [6, 6.07) is 10.4. The van der Waals surface area contributed by atoms with Crippen LogP contribution in [-0.4, -0.2) is 29.2 Å². The number of β-amino-alcohol motifs (C(OH)–C–C–N with tert-alkyl or cyclic N) is 1. The normalized spacial score (nSPS) is 25.8. The molecule has 2 heteroatoms. The minimum absolute atomic E-state index is 0.193. The molecular formula is C14H19NO. The van der Waals surface area contributed by atoms with E-state index in [0.717, 1.165) is 26.1 Å². The van der Waals surface area contributed by atoms with Crippen LogP contribution < -0.4 is 0 Å². The first kappa shape index (κ1) is 11.4. The fraction of sp³-hybridized carbons (Fsp3) is 0.429. The molecule has 1 N–H and O–H groups in total. The summed E-state index contributed by atoms with van der Waals surface area (Å²) in [7, 11) is 0. The summed E-state index contributed by atoms with van der Waals surface area (Å²) < 4.78 is 0. The first-order valence-electron chi connectivity index (χ1n) is 5.85. The third-order valence-corrected chi connectivity index (χ3v) is 3.20. The van der Waals surface area contributed by atoms with Crippen molar-refractivity contribution in [2.24, 2.45) is 5.92 Å². The third kappa shape index (κ3) is 2.71. The van der Waals surface area contributed by atoms with Crippen molar-refractivity contribution >= 4 is 0 Å². The summed E-state index contributed by atoms with van der Waals surface area (Å²) in [4.78, 5) is 2.31. The number of hydrogen-bond donors (Lipinski definition) is 1. The van der Waals surface area contributed by atoms with Crippen LogP contribution in [0.15, 0.2) is 43.0 Å². The topological polar surface area (TPSA) is 23.5 Å². The van der Waals surface area contributed by atoms with Gasteiger partial charge in [0.05, 0.1) is 6.10 Å². The number of aliphatic hydroxyl groups is 1. The summed E-state index contributed by atoms with van der Waals surface area (Å²) in [6.07, 6.45) is 2.62. The molecular weight excluding hydrogens is 198 g/mol. The average Bonchev–Trinajstić information content (AvgIpc) is 2.61. The van der Waals surface area contributed by atoms with Gasteiger partial charge < -0.3 is 5.11 Å². The second kappa shape index (κ2) is 5.28. The minimum atomic E-state index is -0.193. The van der Waals surface area contributed by atoms with Crippen molar-refractivity contribution < 1.29 is 5.11 Å². The van der Waals surface area contributed by atoms with E-state index in [4.69, 9.17) is 0 Å². The van der Waals surface area contributed by atoms with Gasteiger partial charge in [-0.05, 0) is 12.0 Å². The Bertz CT molecular complexity index is 336. The highest BCUT2D eigenvalue weighted by Gasteiger charge is 2.29. The number of aliphatic hydroxyl groups excluding tert-OH is 1. The van der Waals surface area contributed by atoms with Gasteiger partial charge >= 0.3 is 0 Å². The van der Waals surface area contributed by atoms with E-state index < -0.39 is 0 Å². The van der Waals surface area contributed by atoms with E-state index >= 15 is 0 Å². The number of benzene rings is 1. The van der Waals surface area contributed by atoms with Gasteiger partial charge in [-0.25, -0.2) is 0 Å². The monoisotopic (exact) mass is 217 g/mol. The van der Waals surface area contributed by atoms with E-state index in [1.54, 1.807) is 0 Å². The number of nitrogens with zero attached hydrogens (tertiary/aromatic N) is 1. The third-order valence-electron chi connectivity index (χ3n) is 3.20. The van der Waals surface area contributed by atoms with Crippen molar-refractivity contribution in [1.82, 2.24) is 4.90 Å². The van der Waals surface area contributed by atoms with Crippen LogP contribution in [0.25, 0.3) is 0 Å². The molecule has 86 valence electrons. The average molecular weight is 217 g/mol. The largest absolute Gasteiger partial charge is 0.391 e. The van der Waals surface area contributed by atoms with Gasteiger partial charge in [-0.3, -0.25) is 4.90 Å². The lowest BCUT2D eigenvalue weighted by atomic mass is 10.0. The predicted molar refractivity (Wildman–Crippen MR) is 66.0 cm³/mol. The summed E-state index contributed by atoms with van der Waals surface area (Å²) >= 11 is 0. The zero-order chi connectivity index (χ0) is 11.4. The molecule has 1 heterocycles. The van der Waals surface area contributed by atoms with Gasteiger partial charge in [0.2, 0.25) is 0 Å². The molecule has 0 bridgehead atoms. The Hall–Kier alpha value is -1.12. The van der Waals surface area contributed by atoms with E-state index in [-0.39, 0.29) is 6.10 Å². The van der Waals surface area contributed by atoms with Crippen molar-refractivity contribution in [1.29, 1.82) is 0 Å². The smallest absolute Gasteiger partial charge is 0.0710 e. The first-order chi connectivity index (χ1) is 7.79.